The number of nitrogens with zero attached hydrogens (tertiary/aromatic N) is 3. The Morgan fingerprint density at radius 1 is 0.950 bits per heavy atom. The summed E-state index contributed by atoms with van der Waals surface area (Å²) in [5, 5.41) is 9.86. The number of aromatic nitrogens is 3. The molecule has 0 aliphatic heterocycles. The van der Waals surface area contributed by atoms with Gasteiger partial charge in [-0.3, -0.25) is 4.68 Å². The minimum Gasteiger partial charge on any atom is -0.406 e. The normalized spacial score (nSPS) is 14.7. The highest BCUT2D eigenvalue weighted by molar-refractivity contribution is 5.76. The van der Waals surface area contributed by atoms with E-state index in [1.54, 1.807) is 6.92 Å². The fourth-order valence-corrected chi connectivity index (χ4v) is 4.89. The van der Waals surface area contributed by atoms with Gasteiger partial charge in [-0.05, 0) is 55.2 Å². The van der Waals surface area contributed by atoms with Crippen LogP contribution in [-0.4, -0.2) is 39.6 Å². The third-order valence-electron chi connectivity index (χ3n) is 6.56. The van der Waals surface area contributed by atoms with E-state index in [0.717, 1.165) is 49.9 Å². The van der Waals surface area contributed by atoms with Crippen molar-refractivity contribution in [1.29, 1.82) is 0 Å². The van der Waals surface area contributed by atoms with Crippen LogP contribution in [-0.2, 0) is 18.5 Å². The van der Waals surface area contributed by atoms with Crippen LogP contribution in [0.3, 0.4) is 0 Å². The molecule has 0 unspecified atom stereocenters. The molecular formula is C26H27F6N5O3. The van der Waals surface area contributed by atoms with Gasteiger partial charge in [-0.2, -0.15) is 5.10 Å². The summed E-state index contributed by atoms with van der Waals surface area (Å²) in [6.45, 7) is 2.16. The molecule has 0 saturated heterocycles. The number of hydrogen-bond donors (Lipinski definition) is 2. The molecule has 2 amide bonds. The van der Waals surface area contributed by atoms with E-state index < -0.39 is 35.8 Å². The third kappa shape index (κ3) is 7.36. The first-order valence-electron chi connectivity index (χ1n) is 12.5. The average molecular weight is 572 g/mol. The molecule has 0 bridgehead atoms. The van der Waals surface area contributed by atoms with Crippen molar-refractivity contribution in [3.63, 3.8) is 0 Å². The van der Waals surface area contributed by atoms with Crippen LogP contribution in [0.4, 0.5) is 31.1 Å². The number of urea groups is 1. The second-order valence-corrected chi connectivity index (χ2v) is 9.31. The lowest BCUT2D eigenvalue weighted by molar-refractivity contribution is -0.275. The molecule has 40 heavy (non-hydrogen) atoms. The van der Waals surface area contributed by atoms with Gasteiger partial charge in [-0.15, -0.1) is 26.3 Å². The van der Waals surface area contributed by atoms with Crippen LogP contribution in [0.15, 0.2) is 54.9 Å². The van der Waals surface area contributed by atoms with Gasteiger partial charge in [0.05, 0.1) is 5.54 Å². The van der Waals surface area contributed by atoms with Crippen molar-refractivity contribution in [2.45, 2.75) is 69.9 Å². The number of halogens is 6. The summed E-state index contributed by atoms with van der Waals surface area (Å²) < 4.78 is 88.3. The summed E-state index contributed by atoms with van der Waals surface area (Å²) in [4.78, 5) is 17.6. The Labute approximate surface area is 225 Å². The van der Waals surface area contributed by atoms with E-state index in [1.165, 1.54) is 35.3 Å². The summed E-state index contributed by atoms with van der Waals surface area (Å²) in [7, 11) is 0. The maximum atomic E-state index is 13.4. The van der Waals surface area contributed by atoms with Crippen molar-refractivity contribution in [3.05, 3.63) is 71.8 Å². The molecule has 1 saturated carbocycles. The lowest BCUT2D eigenvalue weighted by atomic mass is 9.79. The Kier molecular flexibility index (Phi) is 8.45. The second kappa shape index (κ2) is 11.6. The van der Waals surface area contributed by atoms with Crippen LogP contribution < -0.4 is 20.1 Å². The molecule has 2 aromatic carbocycles. The van der Waals surface area contributed by atoms with Gasteiger partial charge in [-0.25, -0.2) is 9.78 Å². The molecule has 1 aliphatic rings. The van der Waals surface area contributed by atoms with E-state index in [4.69, 9.17) is 0 Å². The van der Waals surface area contributed by atoms with Crippen molar-refractivity contribution in [3.8, 4) is 11.5 Å². The number of ether oxygens (including phenoxy) is 2. The number of carbonyl (C=O) groups is 1. The van der Waals surface area contributed by atoms with Crippen LogP contribution in [0.2, 0.25) is 0 Å². The molecule has 2 N–H and O–H groups in total. The summed E-state index contributed by atoms with van der Waals surface area (Å²) in [6.07, 6.45) is -5.58. The van der Waals surface area contributed by atoms with Crippen molar-refractivity contribution >= 4 is 6.03 Å². The van der Waals surface area contributed by atoms with E-state index in [0.29, 0.717) is 12.4 Å². The van der Waals surface area contributed by atoms with E-state index in [1.807, 2.05) is 0 Å². The topological polar surface area (TPSA) is 90.3 Å². The summed E-state index contributed by atoms with van der Waals surface area (Å²) in [6, 6.07) is 9.02. The lowest BCUT2D eigenvalue weighted by Crippen LogP contribution is -2.54. The number of carbonyl (C=O) groups excluding carboxylic acids is 1. The maximum Gasteiger partial charge on any atom is 0.573 e. The number of nitrogens with one attached hydrogen (secondary N) is 2. The van der Waals surface area contributed by atoms with Gasteiger partial charge in [0.1, 0.15) is 23.7 Å². The van der Waals surface area contributed by atoms with Crippen molar-refractivity contribution in [1.82, 2.24) is 25.4 Å². The summed E-state index contributed by atoms with van der Waals surface area (Å²) >= 11 is 0. The van der Waals surface area contributed by atoms with E-state index in [2.05, 4.69) is 30.2 Å². The second-order valence-electron chi connectivity index (χ2n) is 9.31. The average Bonchev–Trinajstić information content (AvgIpc) is 3.53. The fourth-order valence-electron chi connectivity index (χ4n) is 4.89. The molecule has 3 aromatic rings. The van der Waals surface area contributed by atoms with Gasteiger partial charge in [0.2, 0.25) is 0 Å². The first kappa shape index (κ1) is 29.0. The Balaban J connectivity index is 1.89. The molecule has 4 rings (SSSR count). The monoisotopic (exact) mass is 571 g/mol. The van der Waals surface area contributed by atoms with Gasteiger partial charge >= 0.3 is 18.8 Å². The lowest BCUT2D eigenvalue weighted by Gasteiger charge is -2.36. The van der Waals surface area contributed by atoms with Gasteiger partial charge in [0.15, 0.2) is 0 Å². The highest BCUT2D eigenvalue weighted by Crippen LogP contribution is 2.38. The van der Waals surface area contributed by atoms with Gasteiger partial charge in [-0.1, -0.05) is 37.1 Å². The molecule has 1 fully saturated rings. The zero-order valence-electron chi connectivity index (χ0n) is 21.4. The summed E-state index contributed by atoms with van der Waals surface area (Å²) in [5.41, 5.74) is -1.52. The molecule has 0 radical (unpaired) electrons. The molecule has 1 heterocycles. The molecule has 8 nitrogen and oxygen atoms in total. The SMILES string of the molecule is CCn1ncnc1CC(NC(=O)NC1CCCC1)(c1cccc(OC(F)(F)F)c1)c1cccc(OC(F)(F)F)c1. The van der Waals surface area contributed by atoms with Crippen molar-refractivity contribution < 1.29 is 40.6 Å². The predicted octanol–water partition coefficient (Wildman–Crippen LogP) is 5.82. The molecule has 14 heteroatoms. The maximum absolute atomic E-state index is 13.4. The largest absolute Gasteiger partial charge is 0.573 e. The van der Waals surface area contributed by atoms with Crippen LogP contribution in [0, 0.1) is 0 Å². The summed E-state index contributed by atoms with van der Waals surface area (Å²) in [5.74, 6) is -0.827. The number of alkyl halides is 6. The van der Waals surface area contributed by atoms with Crippen LogP contribution >= 0.6 is 0 Å². The van der Waals surface area contributed by atoms with Crippen LogP contribution in [0.25, 0.3) is 0 Å². The highest BCUT2D eigenvalue weighted by atomic mass is 19.4. The van der Waals surface area contributed by atoms with Crippen LogP contribution in [0.5, 0.6) is 11.5 Å². The van der Waals surface area contributed by atoms with E-state index in [-0.39, 0.29) is 23.6 Å². The fraction of sp³-hybridized carbons (Fsp3) is 0.423. The first-order valence-corrected chi connectivity index (χ1v) is 12.5. The van der Waals surface area contributed by atoms with Gasteiger partial charge < -0.3 is 20.1 Å². The number of amides is 2. The molecular weight excluding hydrogens is 544 g/mol. The molecule has 1 aliphatic carbocycles. The predicted molar refractivity (Wildman–Crippen MR) is 130 cm³/mol. The quantitative estimate of drug-likeness (QED) is 0.316. The Morgan fingerprint density at radius 2 is 1.50 bits per heavy atom. The Hall–Kier alpha value is -3.97. The molecule has 0 atom stereocenters. The van der Waals surface area contributed by atoms with E-state index >= 15 is 0 Å². The standard InChI is InChI=1S/C26H27F6N5O3/c1-2-37-22(33-16-34-37)15-24(36-23(38)35-19-9-3-4-10-19,17-7-5-11-20(13-17)39-25(27,28)29)18-8-6-12-21(14-18)40-26(30,31)32/h5-8,11-14,16,19H,2-4,9-10,15H2,1H3,(H2,35,36,38). The van der Waals surface area contributed by atoms with Gasteiger partial charge in [0.25, 0.3) is 0 Å². The zero-order chi connectivity index (χ0) is 29.0. The molecule has 0 spiro atoms. The first-order chi connectivity index (χ1) is 18.9. The highest BCUT2D eigenvalue weighted by Gasteiger charge is 2.41. The minimum absolute atomic E-state index is 0.102. The molecule has 1 aromatic heterocycles. The number of aryl methyl sites for hydroxylation is 1. The van der Waals surface area contributed by atoms with Crippen molar-refractivity contribution in [2.75, 3.05) is 0 Å². The minimum atomic E-state index is -5.00. The smallest absolute Gasteiger partial charge is 0.406 e. The van der Waals surface area contributed by atoms with Crippen molar-refractivity contribution in [2.24, 2.45) is 0 Å². The van der Waals surface area contributed by atoms with Gasteiger partial charge in [0, 0.05) is 19.0 Å². The zero-order valence-corrected chi connectivity index (χ0v) is 21.4. The Morgan fingerprint density at radius 3 is 2.00 bits per heavy atom. The Bertz CT molecular complexity index is 1240. The number of hydrogen-bond acceptors (Lipinski definition) is 5. The number of rotatable bonds is 9. The third-order valence-corrected chi connectivity index (χ3v) is 6.56. The number of benzene rings is 2. The van der Waals surface area contributed by atoms with E-state index in [9.17, 15) is 31.1 Å². The molecule has 216 valence electrons. The van der Waals surface area contributed by atoms with Crippen LogP contribution in [0.1, 0.15) is 49.6 Å².